The number of rotatable bonds is 5. The first-order chi connectivity index (χ1) is 11.5. The van der Waals surface area contributed by atoms with Crippen molar-refractivity contribution in [1.29, 1.82) is 0 Å². The van der Waals surface area contributed by atoms with Crippen molar-refractivity contribution in [3.05, 3.63) is 65.7 Å². The first-order valence-electron chi connectivity index (χ1n) is 8.42. The minimum Gasteiger partial charge on any atom is -0.189 e. The van der Waals surface area contributed by atoms with E-state index in [4.69, 9.17) is 4.28 Å². The van der Waals surface area contributed by atoms with E-state index in [0.29, 0.717) is 6.54 Å². The predicted octanol–water partition coefficient (Wildman–Crippen LogP) is 3.82. The standard InChI is InChI=1S/C19H24NO3S/c1-17-10-12-19(13-11-17)24(21,22)23-20(14-6-3-7-15-20)16-18-8-4-2-5-9-18/h2,4-5,8-13H,3,6-7,14-16H2,1H3/q+1. The molecule has 24 heavy (non-hydrogen) atoms. The quantitative estimate of drug-likeness (QED) is 0.773. The Morgan fingerprint density at radius 2 is 1.54 bits per heavy atom. The highest BCUT2D eigenvalue weighted by Crippen LogP contribution is 2.28. The maximum atomic E-state index is 12.8. The average Bonchev–Trinajstić information content (AvgIpc) is 2.56. The maximum Gasteiger partial charge on any atom is 0.342 e. The van der Waals surface area contributed by atoms with Gasteiger partial charge < -0.3 is 0 Å². The Morgan fingerprint density at radius 1 is 0.917 bits per heavy atom. The molecule has 4 nitrogen and oxygen atoms in total. The number of piperidine rings is 1. The lowest BCUT2D eigenvalue weighted by Gasteiger charge is -2.37. The lowest BCUT2D eigenvalue weighted by Crippen LogP contribution is -2.51. The van der Waals surface area contributed by atoms with Crippen LogP contribution in [0.5, 0.6) is 0 Å². The van der Waals surface area contributed by atoms with E-state index in [1.165, 1.54) is 0 Å². The lowest BCUT2D eigenvalue weighted by molar-refractivity contribution is -1.09. The Hall–Kier alpha value is -1.69. The van der Waals surface area contributed by atoms with Crippen molar-refractivity contribution in [2.24, 2.45) is 0 Å². The summed E-state index contributed by atoms with van der Waals surface area (Å²) >= 11 is 0. The van der Waals surface area contributed by atoms with Crippen molar-refractivity contribution in [2.45, 2.75) is 37.6 Å². The van der Waals surface area contributed by atoms with Gasteiger partial charge in [-0.2, -0.15) is 13.1 Å². The summed E-state index contributed by atoms with van der Waals surface area (Å²) in [4.78, 5) is 0.226. The normalized spacial score (nSPS) is 17.5. The zero-order valence-electron chi connectivity index (χ0n) is 14.0. The molecule has 0 aromatic heterocycles. The fourth-order valence-electron chi connectivity index (χ4n) is 3.22. The molecular weight excluding hydrogens is 322 g/mol. The molecule has 0 aliphatic carbocycles. The van der Waals surface area contributed by atoms with Crippen LogP contribution in [-0.2, 0) is 20.9 Å². The van der Waals surface area contributed by atoms with Crippen LogP contribution in [0.15, 0.2) is 59.5 Å². The maximum absolute atomic E-state index is 12.8. The molecule has 0 amide bonds. The SMILES string of the molecule is Cc1ccc(S(=O)(=O)O[N+]2(Cc3ccccc3)CCCCC2)cc1. The van der Waals surface area contributed by atoms with Crippen LogP contribution in [0.4, 0.5) is 0 Å². The molecule has 128 valence electrons. The summed E-state index contributed by atoms with van der Waals surface area (Å²) in [5, 5.41) is 0. The van der Waals surface area contributed by atoms with Crippen LogP contribution in [0, 0.1) is 6.92 Å². The van der Waals surface area contributed by atoms with Gasteiger partial charge in [0.05, 0.1) is 4.90 Å². The smallest absolute Gasteiger partial charge is 0.189 e. The molecule has 1 saturated heterocycles. The third kappa shape index (κ3) is 4.04. The van der Waals surface area contributed by atoms with Crippen LogP contribution in [-0.4, -0.2) is 26.2 Å². The molecule has 0 bridgehead atoms. The molecule has 2 aromatic carbocycles. The zero-order valence-corrected chi connectivity index (χ0v) is 14.8. The zero-order chi connectivity index (χ0) is 17.0. The van der Waals surface area contributed by atoms with Crippen molar-refractivity contribution < 1.29 is 17.3 Å². The molecule has 0 radical (unpaired) electrons. The molecule has 1 heterocycles. The number of aryl methyl sites for hydroxylation is 1. The molecule has 1 aliphatic rings. The molecule has 1 fully saturated rings. The summed E-state index contributed by atoms with van der Waals surface area (Å²) in [6.45, 7) is 3.96. The van der Waals surface area contributed by atoms with Gasteiger partial charge in [-0.15, -0.1) is 0 Å². The molecule has 1 aliphatic heterocycles. The van der Waals surface area contributed by atoms with Crippen molar-refractivity contribution in [1.82, 2.24) is 0 Å². The van der Waals surface area contributed by atoms with Crippen LogP contribution >= 0.6 is 0 Å². The van der Waals surface area contributed by atoms with Gasteiger partial charge in [0.2, 0.25) is 0 Å². The Bertz CT molecular complexity index is 764. The Labute approximate surface area is 144 Å². The number of likely N-dealkylation sites (tertiary alicyclic amines) is 1. The molecule has 2 aromatic rings. The van der Waals surface area contributed by atoms with E-state index >= 15 is 0 Å². The number of hydroxylamine groups is 3. The van der Waals surface area contributed by atoms with Gasteiger partial charge in [0.15, 0.2) is 0 Å². The molecule has 0 N–H and O–H groups in total. The minimum atomic E-state index is -3.78. The van der Waals surface area contributed by atoms with E-state index in [0.717, 1.165) is 43.5 Å². The molecule has 0 unspecified atom stereocenters. The molecule has 0 saturated carbocycles. The largest absolute Gasteiger partial charge is 0.342 e. The van der Waals surface area contributed by atoms with E-state index in [2.05, 4.69) is 0 Å². The molecule has 0 atom stereocenters. The highest BCUT2D eigenvalue weighted by Gasteiger charge is 2.38. The second-order valence-electron chi connectivity index (χ2n) is 6.55. The number of nitrogens with zero attached hydrogens (tertiary/aromatic N) is 1. The number of benzene rings is 2. The molecule has 0 spiro atoms. The Kier molecular flexibility index (Phi) is 5.04. The van der Waals surface area contributed by atoms with Gasteiger partial charge in [0.1, 0.15) is 19.6 Å². The summed E-state index contributed by atoms with van der Waals surface area (Å²) in [7, 11) is -3.78. The molecular formula is C19H24NO3S+. The summed E-state index contributed by atoms with van der Waals surface area (Å²) < 4.78 is 31.5. The summed E-state index contributed by atoms with van der Waals surface area (Å²) in [5.74, 6) is 0. The number of quaternary nitrogens is 1. The Balaban J connectivity index is 1.87. The van der Waals surface area contributed by atoms with Gasteiger partial charge in [0, 0.05) is 5.56 Å². The van der Waals surface area contributed by atoms with Crippen LogP contribution in [0.1, 0.15) is 30.4 Å². The minimum absolute atomic E-state index is 0.153. The summed E-state index contributed by atoms with van der Waals surface area (Å²) in [6, 6.07) is 16.8. The summed E-state index contributed by atoms with van der Waals surface area (Å²) in [6.07, 6.45) is 3.09. The number of hydrogen-bond acceptors (Lipinski definition) is 3. The van der Waals surface area contributed by atoms with E-state index in [1.54, 1.807) is 24.3 Å². The van der Waals surface area contributed by atoms with Gasteiger partial charge >= 0.3 is 10.1 Å². The molecule has 3 rings (SSSR count). The van der Waals surface area contributed by atoms with Crippen LogP contribution < -0.4 is 0 Å². The third-order valence-electron chi connectivity index (χ3n) is 4.51. The van der Waals surface area contributed by atoms with Gasteiger partial charge in [-0.25, -0.2) is 0 Å². The topological polar surface area (TPSA) is 43.4 Å². The van der Waals surface area contributed by atoms with Gasteiger partial charge in [-0.3, -0.25) is 0 Å². The van der Waals surface area contributed by atoms with Gasteiger partial charge in [0.25, 0.3) is 0 Å². The van der Waals surface area contributed by atoms with Gasteiger partial charge in [-0.1, -0.05) is 52.3 Å². The second-order valence-corrected chi connectivity index (χ2v) is 8.08. The fourth-order valence-corrected chi connectivity index (χ4v) is 4.39. The van der Waals surface area contributed by atoms with E-state index < -0.39 is 10.1 Å². The lowest BCUT2D eigenvalue weighted by atomic mass is 10.1. The van der Waals surface area contributed by atoms with Crippen molar-refractivity contribution in [3.63, 3.8) is 0 Å². The van der Waals surface area contributed by atoms with Crippen molar-refractivity contribution in [3.8, 4) is 0 Å². The average molecular weight is 346 g/mol. The van der Waals surface area contributed by atoms with E-state index in [9.17, 15) is 8.42 Å². The fraction of sp³-hybridized carbons (Fsp3) is 0.368. The van der Waals surface area contributed by atoms with E-state index in [-0.39, 0.29) is 9.54 Å². The van der Waals surface area contributed by atoms with Crippen molar-refractivity contribution in [2.75, 3.05) is 13.1 Å². The second kappa shape index (κ2) is 7.05. The third-order valence-corrected chi connectivity index (χ3v) is 5.87. The highest BCUT2D eigenvalue weighted by atomic mass is 32.2. The highest BCUT2D eigenvalue weighted by molar-refractivity contribution is 7.86. The van der Waals surface area contributed by atoms with Crippen LogP contribution in [0.25, 0.3) is 0 Å². The van der Waals surface area contributed by atoms with Crippen LogP contribution in [0.2, 0.25) is 0 Å². The monoisotopic (exact) mass is 346 g/mol. The van der Waals surface area contributed by atoms with Gasteiger partial charge in [-0.05, 0) is 38.3 Å². The van der Waals surface area contributed by atoms with Crippen LogP contribution in [0.3, 0.4) is 0 Å². The Morgan fingerprint density at radius 3 is 2.17 bits per heavy atom. The number of hydrogen-bond donors (Lipinski definition) is 0. The van der Waals surface area contributed by atoms with Crippen molar-refractivity contribution >= 4 is 10.1 Å². The first-order valence-corrected chi connectivity index (χ1v) is 9.83. The van der Waals surface area contributed by atoms with E-state index in [1.807, 2.05) is 37.3 Å². The predicted molar refractivity (Wildman–Crippen MR) is 93.4 cm³/mol. The summed E-state index contributed by atoms with van der Waals surface area (Å²) in [5.41, 5.74) is 2.12. The first kappa shape index (κ1) is 17.1. The molecule has 5 heteroatoms.